The number of allylic oxidation sites excluding steroid dienone is 1. The zero-order chi connectivity index (χ0) is 19.8. The summed E-state index contributed by atoms with van der Waals surface area (Å²) in [5, 5.41) is 0. The quantitative estimate of drug-likeness (QED) is 0.105. The Bertz CT molecular complexity index is 465. The van der Waals surface area contributed by atoms with Crippen LogP contribution in [0.5, 0.6) is 0 Å². The summed E-state index contributed by atoms with van der Waals surface area (Å²) in [4.78, 5) is 0. The topological polar surface area (TPSA) is 18.5 Å². The number of hydrogen-bond acceptors (Lipinski definition) is 2. The third-order valence-electron chi connectivity index (χ3n) is 5.50. The Hall–Kier alpha value is -0.321. The van der Waals surface area contributed by atoms with Crippen LogP contribution in [0, 0.1) is 0 Å². The molecular formula is C24H42O2Sn. The van der Waals surface area contributed by atoms with Crippen LogP contribution in [0.15, 0.2) is 42.5 Å². The maximum absolute atomic E-state index is 6.45. The van der Waals surface area contributed by atoms with E-state index in [2.05, 4.69) is 64.1 Å². The monoisotopic (exact) mass is 482 g/mol. The predicted octanol–water partition coefficient (Wildman–Crippen LogP) is 7.51. The van der Waals surface area contributed by atoms with E-state index >= 15 is 0 Å². The molecule has 0 aliphatic carbocycles. The van der Waals surface area contributed by atoms with Crippen molar-refractivity contribution in [3.63, 3.8) is 0 Å². The standard InChI is InChI=1S/C12H15O2.3C4H9.Sn/c1-2-3-9-13-11-14-10-12-7-5-4-6-8-12;3*1-3-4-2;/h2-9H,10-11H2,1H3;3*1,3-4H2,2H3;/b3-2+;;;;. The van der Waals surface area contributed by atoms with Gasteiger partial charge in [0.05, 0.1) is 0 Å². The number of ether oxygens (including phenoxy) is 2. The van der Waals surface area contributed by atoms with Gasteiger partial charge in [0.1, 0.15) is 0 Å². The summed E-state index contributed by atoms with van der Waals surface area (Å²) in [6, 6.07) is 10.4. The van der Waals surface area contributed by atoms with Crippen molar-refractivity contribution in [2.24, 2.45) is 0 Å². The van der Waals surface area contributed by atoms with Crippen LogP contribution in [0.4, 0.5) is 0 Å². The Balaban J connectivity index is 2.78. The second-order valence-corrected chi connectivity index (χ2v) is 21.4. The normalized spacial score (nSPS) is 13.3. The molecule has 0 N–H and O–H groups in total. The molecule has 0 aromatic heterocycles. The van der Waals surface area contributed by atoms with Crippen LogP contribution in [0.25, 0.3) is 0 Å². The van der Waals surface area contributed by atoms with Crippen molar-refractivity contribution < 1.29 is 9.47 Å². The van der Waals surface area contributed by atoms with Gasteiger partial charge in [0.25, 0.3) is 0 Å². The van der Waals surface area contributed by atoms with Crippen LogP contribution in [-0.4, -0.2) is 29.3 Å². The van der Waals surface area contributed by atoms with Gasteiger partial charge in [0.15, 0.2) is 0 Å². The molecule has 27 heavy (non-hydrogen) atoms. The van der Waals surface area contributed by atoms with Crippen molar-refractivity contribution in [3.8, 4) is 0 Å². The van der Waals surface area contributed by atoms with Crippen molar-refractivity contribution in [2.45, 2.75) is 90.3 Å². The number of benzene rings is 1. The SMILES string of the molecule is C/C=C/[C@H](OCOCc1ccccc1)[Sn]([CH2]CCC)([CH2]CCC)[CH2]CCC. The van der Waals surface area contributed by atoms with E-state index in [0.29, 0.717) is 17.5 Å². The van der Waals surface area contributed by atoms with E-state index in [1.54, 1.807) is 0 Å². The first-order chi connectivity index (χ1) is 13.2. The fraction of sp³-hybridized carbons (Fsp3) is 0.667. The fourth-order valence-electron chi connectivity index (χ4n) is 3.85. The second kappa shape index (κ2) is 15.6. The molecule has 0 saturated carbocycles. The van der Waals surface area contributed by atoms with E-state index in [4.69, 9.17) is 9.47 Å². The number of rotatable bonds is 16. The maximum atomic E-state index is 6.45. The molecule has 0 amide bonds. The number of unbranched alkanes of at least 4 members (excludes halogenated alkanes) is 3. The first-order valence-corrected chi connectivity index (χ1v) is 18.8. The molecule has 1 rings (SSSR count). The van der Waals surface area contributed by atoms with Gasteiger partial charge in [-0.05, 0) is 0 Å². The Kier molecular flexibility index (Phi) is 14.3. The van der Waals surface area contributed by atoms with Crippen molar-refractivity contribution in [3.05, 3.63) is 48.0 Å². The van der Waals surface area contributed by atoms with Gasteiger partial charge in [-0.15, -0.1) is 0 Å². The zero-order valence-electron chi connectivity index (χ0n) is 18.2. The molecule has 0 bridgehead atoms. The van der Waals surface area contributed by atoms with Gasteiger partial charge in [0.2, 0.25) is 0 Å². The zero-order valence-corrected chi connectivity index (χ0v) is 21.1. The molecular weight excluding hydrogens is 439 g/mol. The van der Waals surface area contributed by atoms with Crippen LogP contribution in [-0.2, 0) is 16.1 Å². The van der Waals surface area contributed by atoms with Crippen LogP contribution in [0.2, 0.25) is 13.3 Å². The molecule has 0 fully saturated rings. The summed E-state index contributed by atoms with van der Waals surface area (Å²) in [6.45, 7) is 10.1. The van der Waals surface area contributed by atoms with E-state index in [9.17, 15) is 0 Å². The van der Waals surface area contributed by atoms with Gasteiger partial charge in [-0.3, -0.25) is 0 Å². The Morgan fingerprint density at radius 3 is 1.93 bits per heavy atom. The summed E-state index contributed by atoms with van der Waals surface area (Å²) in [5.41, 5.74) is 1.21. The summed E-state index contributed by atoms with van der Waals surface area (Å²) >= 11 is -2.43. The fourth-order valence-corrected chi connectivity index (χ4v) is 20.4. The average Bonchev–Trinajstić information content (AvgIpc) is 2.71. The van der Waals surface area contributed by atoms with Gasteiger partial charge < -0.3 is 0 Å². The van der Waals surface area contributed by atoms with Crippen LogP contribution in [0.1, 0.15) is 71.8 Å². The second-order valence-electron chi connectivity index (χ2n) is 7.74. The van der Waals surface area contributed by atoms with Gasteiger partial charge in [-0.2, -0.15) is 0 Å². The van der Waals surface area contributed by atoms with Crippen LogP contribution < -0.4 is 0 Å². The first-order valence-electron chi connectivity index (χ1n) is 11.1. The van der Waals surface area contributed by atoms with E-state index in [-0.39, 0.29) is 0 Å². The van der Waals surface area contributed by atoms with Crippen molar-refractivity contribution >= 4 is 18.4 Å². The minimum atomic E-state index is -2.43. The molecule has 0 saturated heterocycles. The van der Waals surface area contributed by atoms with Gasteiger partial charge in [-0.1, -0.05) is 0 Å². The van der Waals surface area contributed by atoms with E-state index in [1.165, 1.54) is 57.4 Å². The molecule has 0 heterocycles. The Labute approximate surface area is 172 Å². The Morgan fingerprint density at radius 2 is 1.44 bits per heavy atom. The third kappa shape index (κ3) is 9.62. The number of hydrogen-bond donors (Lipinski definition) is 0. The first kappa shape index (κ1) is 24.7. The van der Waals surface area contributed by atoms with Crippen molar-refractivity contribution in [1.82, 2.24) is 0 Å². The van der Waals surface area contributed by atoms with Gasteiger partial charge in [-0.25, -0.2) is 0 Å². The molecule has 0 aliphatic rings. The predicted molar refractivity (Wildman–Crippen MR) is 121 cm³/mol. The summed E-state index contributed by atoms with van der Waals surface area (Å²) < 4.78 is 17.1. The van der Waals surface area contributed by atoms with Crippen molar-refractivity contribution in [1.29, 1.82) is 0 Å². The van der Waals surface area contributed by atoms with Crippen LogP contribution in [0.3, 0.4) is 0 Å². The molecule has 154 valence electrons. The van der Waals surface area contributed by atoms with Crippen molar-refractivity contribution in [2.75, 3.05) is 6.79 Å². The van der Waals surface area contributed by atoms with Gasteiger partial charge in [0, 0.05) is 0 Å². The minimum absolute atomic E-state index is 0.352. The van der Waals surface area contributed by atoms with E-state index in [0.717, 1.165) is 0 Å². The summed E-state index contributed by atoms with van der Waals surface area (Å²) in [6.07, 6.45) is 12.6. The molecule has 0 unspecified atom stereocenters. The molecule has 1 atom stereocenters. The van der Waals surface area contributed by atoms with E-state index < -0.39 is 18.4 Å². The summed E-state index contributed by atoms with van der Waals surface area (Å²) in [5.74, 6) is 0. The third-order valence-corrected chi connectivity index (χ3v) is 21.5. The van der Waals surface area contributed by atoms with E-state index in [1.807, 2.05) is 6.07 Å². The molecule has 0 aliphatic heterocycles. The molecule has 1 aromatic rings. The van der Waals surface area contributed by atoms with Gasteiger partial charge >= 0.3 is 173 Å². The summed E-state index contributed by atoms with van der Waals surface area (Å²) in [7, 11) is 0. The molecule has 1 aromatic carbocycles. The van der Waals surface area contributed by atoms with Crippen LogP contribution >= 0.6 is 0 Å². The molecule has 0 radical (unpaired) electrons. The molecule has 2 nitrogen and oxygen atoms in total. The molecule has 3 heteroatoms. The Morgan fingerprint density at radius 1 is 0.889 bits per heavy atom. The molecule has 0 spiro atoms. The average molecular weight is 481 g/mol.